The fraction of sp³-hybridized carbons (Fsp3) is 0.933. The van der Waals surface area contributed by atoms with Gasteiger partial charge in [0, 0.05) is 19.6 Å². The summed E-state index contributed by atoms with van der Waals surface area (Å²) in [5.41, 5.74) is 0. The molecule has 2 N–H and O–H groups in total. The molecule has 0 aliphatic rings. The molecule has 0 aromatic carbocycles. The Morgan fingerprint density at radius 1 is 1.29 bits per heavy atom. The van der Waals surface area contributed by atoms with E-state index in [0.717, 1.165) is 0 Å². The molecule has 0 saturated heterocycles. The van der Waals surface area contributed by atoms with Crippen LogP contribution in [0, 0.1) is 11.8 Å². The van der Waals surface area contributed by atoms with Crippen LogP contribution in [0.3, 0.4) is 0 Å². The molecular formula is C15H33NO4Si. The molecule has 0 bridgehead atoms. The second kappa shape index (κ2) is 8.27. The van der Waals surface area contributed by atoms with E-state index in [1.165, 1.54) is 7.11 Å². The predicted molar refractivity (Wildman–Crippen MR) is 87.5 cm³/mol. The molecule has 0 aromatic heterocycles. The molecule has 5 nitrogen and oxygen atoms in total. The molecule has 0 saturated carbocycles. The van der Waals surface area contributed by atoms with Crippen molar-refractivity contribution in [3.8, 4) is 0 Å². The normalized spacial score (nSPS) is 17.2. The maximum Gasteiger partial charge on any atom is 0.227 e. The number of carbonyl (C=O) groups excluding carboxylic acids is 1. The van der Waals surface area contributed by atoms with Crippen LogP contribution in [-0.4, -0.2) is 45.9 Å². The van der Waals surface area contributed by atoms with Crippen molar-refractivity contribution in [3.05, 3.63) is 0 Å². The van der Waals surface area contributed by atoms with Crippen molar-refractivity contribution >= 4 is 14.2 Å². The minimum Gasteiger partial charge on any atom is -0.413 e. The molecule has 126 valence electrons. The number of ether oxygens (including phenoxy) is 1. The zero-order valence-corrected chi connectivity index (χ0v) is 15.8. The van der Waals surface area contributed by atoms with E-state index in [2.05, 4.69) is 39.2 Å². The zero-order valence-electron chi connectivity index (χ0n) is 14.8. The van der Waals surface area contributed by atoms with Gasteiger partial charge < -0.3 is 19.6 Å². The highest BCUT2D eigenvalue weighted by atomic mass is 28.4. The summed E-state index contributed by atoms with van der Waals surface area (Å²) in [6, 6.07) is 0. The van der Waals surface area contributed by atoms with Crippen LogP contribution < -0.4 is 5.32 Å². The van der Waals surface area contributed by atoms with Gasteiger partial charge in [-0.1, -0.05) is 34.6 Å². The highest BCUT2D eigenvalue weighted by Crippen LogP contribution is 2.39. The number of amides is 1. The molecule has 1 amide bonds. The predicted octanol–water partition coefficient (Wildman–Crippen LogP) is 2.36. The van der Waals surface area contributed by atoms with Gasteiger partial charge in [-0.2, -0.15) is 0 Å². The maximum atomic E-state index is 12.2. The van der Waals surface area contributed by atoms with Crippen LogP contribution in [0.25, 0.3) is 0 Å². The first-order valence-corrected chi connectivity index (χ1v) is 10.4. The summed E-state index contributed by atoms with van der Waals surface area (Å²) in [5.74, 6) is -0.542. The van der Waals surface area contributed by atoms with Gasteiger partial charge in [0.1, 0.15) is 6.73 Å². The smallest absolute Gasteiger partial charge is 0.227 e. The summed E-state index contributed by atoms with van der Waals surface area (Å²) in [7, 11) is -0.477. The van der Waals surface area contributed by atoms with Crippen LogP contribution in [0.2, 0.25) is 18.1 Å². The van der Waals surface area contributed by atoms with E-state index in [9.17, 15) is 9.90 Å². The third-order valence-corrected chi connectivity index (χ3v) is 8.86. The average molecular weight is 320 g/mol. The summed E-state index contributed by atoms with van der Waals surface area (Å²) in [6.45, 7) is 14.7. The standard InChI is InChI=1S/C15H33NO4Si/c1-11(9-17)13(12(2)14(18)16-10-19-6)20-21(7,8)15(3,4)5/h11-13,17H,9-10H2,1-8H3,(H,16,18)/t11-,12+,13-/m0/s1. The Morgan fingerprint density at radius 3 is 2.19 bits per heavy atom. The van der Waals surface area contributed by atoms with Gasteiger partial charge in [-0.3, -0.25) is 4.79 Å². The van der Waals surface area contributed by atoms with E-state index in [1.54, 1.807) is 0 Å². The molecule has 0 fully saturated rings. The quantitative estimate of drug-likeness (QED) is 0.532. The van der Waals surface area contributed by atoms with E-state index in [-0.39, 0.29) is 42.2 Å². The lowest BCUT2D eigenvalue weighted by atomic mass is 9.93. The molecule has 6 heteroatoms. The van der Waals surface area contributed by atoms with E-state index in [1.807, 2.05) is 13.8 Å². The fourth-order valence-corrected chi connectivity index (χ4v) is 3.26. The van der Waals surface area contributed by atoms with Gasteiger partial charge in [0.15, 0.2) is 8.32 Å². The molecular weight excluding hydrogens is 286 g/mol. The number of rotatable bonds is 8. The Kier molecular flexibility index (Phi) is 8.10. The Morgan fingerprint density at radius 2 is 1.81 bits per heavy atom. The van der Waals surface area contributed by atoms with Gasteiger partial charge in [-0.05, 0) is 18.1 Å². The number of hydrogen-bond donors (Lipinski definition) is 2. The topological polar surface area (TPSA) is 67.8 Å². The highest BCUT2D eigenvalue weighted by Gasteiger charge is 2.42. The molecule has 0 aliphatic heterocycles. The van der Waals surface area contributed by atoms with E-state index in [0.29, 0.717) is 0 Å². The number of aliphatic hydroxyl groups is 1. The summed E-state index contributed by atoms with van der Waals surface area (Å²) in [5, 5.41) is 12.3. The van der Waals surface area contributed by atoms with Crippen molar-refractivity contribution < 1.29 is 19.1 Å². The Hall–Kier alpha value is -0.433. The van der Waals surface area contributed by atoms with Gasteiger partial charge in [-0.25, -0.2) is 0 Å². The second-order valence-electron chi connectivity index (χ2n) is 7.27. The molecule has 3 atom stereocenters. The minimum absolute atomic E-state index is 0.00118. The van der Waals surface area contributed by atoms with Crippen LogP contribution in [0.5, 0.6) is 0 Å². The van der Waals surface area contributed by atoms with E-state index in [4.69, 9.17) is 9.16 Å². The van der Waals surface area contributed by atoms with Gasteiger partial charge in [0.25, 0.3) is 0 Å². The molecule has 0 spiro atoms. The van der Waals surface area contributed by atoms with Crippen molar-refractivity contribution in [1.82, 2.24) is 5.32 Å². The lowest BCUT2D eigenvalue weighted by molar-refractivity contribution is -0.130. The van der Waals surface area contributed by atoms with Gasteiger partial charge in [0.05, 0.1) is 12.0 Å². The van der Waals surface area contributed by atoms with Crippen LogP contribution in [-0.2, 0) is 14.0 Å². The minimum atomic E-state index is -2.01. The molecule has 0 aliphatic carbocycles. The van der Waals surface area contributed by atoms with Crippen LogP contribution in [0.15, 0.2) is 0 Å². The molecule has 21 heavy (non-hydrogen) atoms. The number of methoxy groups -OCH3 is 1. The van der Waals surface area contributed by atoms with Gasteiger partial charge in [-0.15, -0.1) is 0 Å². The first kappa shape index (κ1) is 20.6. The van der Waals surface area contributed by atoms with Gasteiger partial charge >= 0.3 is 0 Å². The molecule has 0 heterocycles. The third-order valence-electron chi connectivity index (χ3n) is 4.38. The monoisotopic (exact) mass is 319 g/mol. The van der Waals surface area contributed by atoms with Crippen molar-refractivity contribution in [2.24, 2.45) is 11.8 Å². The average Bonchev–Trinajstić information content (AvgIpc) is 2.39. The zero-order chi connectivity index (χ0) is 16.8. The number of carbonyl (C=O) groups is 1. The lowest BCUT2D eigenvalue weighted by Gasteiger charge is -2.42. The van der Waals surface area contributed by atoms with Crippen molar-refractivity contribution in [1.29, 1.82) is 0 Å². The number of aliphatic hydroxyl groups excluding tert-OH is 1. The van der Waals surface area contributed by atoms with Crippen molar-refractivity contribution in [3.63, 3.8) is 0 Å². The SMILES string of the molecule is COCNC(=O)[C@H](C)[C@@H](O[Si](C)(C)C(C)(C)C)[C@@H](C)CO. The Bertz CT molecular complexity index is 328. The summed E-state index contributed by atoms with van der Waals surface area (Å²) in [4.78, 5) is 12.2. The third kappa shape index (κ3) is 6.06. The van der Waals surface area contributed by atoms with E-state index >= 15 is 0 Å². The first-order chi connectivity index (χ1) is 9.47. The first-order valence-electron chi connectivity index (χ1n) is 7.53. The second-order valence-corrected chi connectivity index (χ2v) is 12.0. The highest BCUT2D eigenvalue weighted by molar-refractivity contribution is 6.74. The summed E-state index contributed by atoms with van der Waals surface area (Å²) >= 11 is 0. The van der Waals surface area contributed by atoms with Crippen molar-refractivity contribution in [2.75, 3.05) is 20.4 Å². The van der Waals surface area contributed by atoms with Crippen molar-refractivity contribution in [2.45, 2.75) is 58.9 Å². The van der Waals surface area contributed by atoms with Crippen LogP contribution in [0.1, 0.15) is 34.6 Å². The Balaban J connectivity index is 5.09. The summed E-state index contributed by atoms with van der Waals surface area (Å²) < 4.78 is 11.3. The Labute approximate surface area is 130 Å². The number of hydrogen-bond acceptors (Lipinski definition) is 4. The molecule has 0 aromatic rings. The number of nitrogens with one attached hydrogen (secondary N) is 1. The van der Waals surface area contributed by atoms with Gasteiger partial charge in [0.2, 0.25) is 5.91 Å². The molecule has 0 radical (unpaired) electrons. The van der Waals surface area contributed by atoms with E-state index < -0.39 is 8.32 Å². The largest absolute Gasteiger partial charge is 0.413 e. The maximum absolute atomic E-state index is 12.2. The van der Waals surface area contributed by atoms with Crippen LogP contribution >= 0.6 is 0 Å². The molecule has 0 unspecified atom stereocenters. The molecule has 0 rings (SSSR count). The fourth-order valence-electron chi connectivity index (χ4n) is 1.79. The van der Waals surface area contributed by atoms with Crippen LogP contribution in [0.4, 0.5) is 0 Å². The lowest BCUT2D eigenvalue weighted by Crippen LogP contribution is -2.50. The summed E-state index contributed by atoms with van der Waals surface area (Å²) in [6.07, 6.45) is -0.298.